The maximum absolute atomic E-state index is 5.93. The van der Waals surface area contributed by atoms with Gasteiger partial charge in [0.15, 0.2) is 0 Å². The summed E-state index contributed by atoms with van der Waals surface area (Å²) in [6.07, 6.45) is 7.38. The lowest BCUT2D eigenvalue weighted by atomic mass is 10.3. The fraction of sp³-hybridized carbons (Fsp3) is 0.364. The molecule has 3 nitrogen and oxygen atoms in total. The van der Waals surface area contributed by atoms with Crippen molar-refractivity contribution in [3.05, 3.63) is 30.1 Å². The summed E-state index contributed by atoms with van der Waals surface area (Å²) in [5.41, 5.74) is 6.90. The van der Waals surface area contributed by atoms with E-state index in [1.54, 1.807) is 12.4 Å². The van der Waals surface area contributed by atoms with Crippen molar-refractivity contribution in [2.45, 2.75) is 26.8 Å². The molecule has 3 heteroatoms. The first-order valence-electron chi connectivity index (χ1n) is 4.77. The highest BCUT2D eigenvalue weighted by atomic mass is 15.1. The minimum Gasteiger partial charge on any atom is -0.385 e. The van der Waals surface area contributed by atoms with Crippen molar-refractivity contribution in [3.8, 4) is 0 Å². The number of aliphatic imine (C=N–C) groups is 1. The Labute approximate surface area is 85.0 Å². The molecule has 0 atom stereocenters. The first kappa shape index (κ1) is 10.6. The van der Waals surface area contributed by atoms with Crippen molar-refractivity contribution in [1.29, 1.82) is 0 Å². The Morgan fingerprint density at radius 1 is 1.50 bits per heavy atom. The van der Waals surface area contributed by atoms with Crippen molar-refractivity contribution in [2.75, 3.05) is 5.73 Å². The molecule has 76 valence electrons. The van der Waals surface area contributed by atoms with Gasteiger partial charge in [0.2, 0.25) is 0 Å². The minimum absolute atomic E-state index is 0.388. The smallest absolute Gasteiger partial charge is 0.112 e. The maximum Gasteiger partial charge on any atom is 0.112 e. The van der Waals surface area contributed by atoms with Crippen molar-refractivity contribution in [1.82, 2.24) is 4.57 Å². The van der Waals surface area contributed by atoms with Gasteiger partial charge >= 0.3 is 0 Å². The van der Waals surface area contributed by atoms with Crippen LogP contribution < -0.4 is 5.73 Å². The highest BCUT2D eigenvalue weighted by Crippen LogP contribution is 2.16. The lowest BCUT2D eigenvalue weighted by Gasteiger charge is -2.09. The van der Waals surface area contributed by atoms with E-state index in [0.717, 1.165) is 11.4 Å². The monoisotopic (exact) mass is 191 g/mol. The van der Waals surface area contributed by atoms with Gasteiger partial charge in [-0.15, -0.1) is 0 Å². The number of nitrogen functional groups attached to an aromatic ring is 1. The normalized spacial score (nSPS) is 12.3. The lowest BCUT2D eigenvalue weighted by Crippen LogP contribution is -2.04. The number of aromatic nitrogens is 1. The molecule has 0 saturated carbocycles. The summed E-state index contributed by atoms with van der Waals surface area (Å²) in [6.45, 7) is 6.13. The Morgan fingerprint density at radius 3 is 2.71 bits per heavy atom. The number of hydrogen-bond donors (Lipinski definition) is 1. The third kappa shape index (κ3) is 2.25. The van der Waals surface area contributed by atoms with E-state index in [-0.39, 0.29) is 0 Å². The highest BCUT2D eigenvalue weighted by molar-refractivity contribution is 5.86. The van der Waals surface area contributed by atoms with E-state index in [4.69, 9.17) is 5.73 Å². The molecular weight excluding hydrogens is 174 g/mol. The fourth-order valence-corrected chi connectivity index (χ4v) is 1.24. The Bertz CT molecular complexity index is 345. The minimum atomic E-state index is 0.388. The van der Waals surface area contributed by atoms with E-state index in [1.807, 2.05) is 29.8 Å². The molecule has 1 aromatic rings. The molecule has 0 aromatic carbocycles. The van der Waals surface area contributed by atoms with Crippen molar-refractivity contribution in [2.24, 2.45) is 4.99 Å². The molecule has 14 heavy (non-hydrogen) atoms. The van der Waals surface area contributed by atoms with E-state index < -0.39 is 0 Å². The Kier molecular flexibility index (Phi) is 3.51. The van der Waals surface area contributed by atoms with Gasteiger partial charge in [0, 0.05) is 30.2 Å². The zero-order valence-electron chi connectivity index (χ0n) is 8.94. The number of nitrogens with zero attached hydrogens (tertiary/aromatic N) is 2. The molecule has 0 aliphatic heterocycles. The number of nitrogens with two attached hydrogens (primary N) is 1. The van der Waals surface area contributed by atoms with Crippen LogP contribution in [-0.4, -0.2) is 10.8 Å². The molecule has 0 amide bonds. The van der Waals surface area contributed by atoms with E-state index in [2.05, 4.69) is 18.8 Å². The van der Waals surface area contributed by atoms with Crippen LogP contribution in [0.5, 0.6) is 0 Å². The number of rotatable bonds is 3. The topological polar surface area (TPSA) is 43.3 Å². The summed E-state index contributed by atoms with van der Waals surface area (Å²) in [6, 6.07) is 2.36. The lowest BCUT2D eigenvalue weighted by molar-refractivity contribution is 0.612. The van der Waals surface area contributed by atoms with Gasteiger partial charge in [-0.3, -0.25) is 4.99 Å². The molecular formula is C11H17N3. The van der Waals surface area contributed by atoms with E-state index in [0.29, 0.717) is 6.04 Å². The quantitative estimate of drug-likeness (QED) is 0.733. The first-order valence-corrected chi connectivity index (χ1v) is 4.77. The molecule has 1 aromatic heterocycles. The zero-order chi connectivity index (χ0) is 10.6. The van der Waals surface area contributed by atoms with Crippen LogP contribution in [0, 0.1) is 0 Å². The molecule has 0 unspecified atom stereocenters. The van der Waals surface area contributed by atoms with Crippen molar-refractivity contribution in [3.63, 3.8) is 0 Å². The highest BCUT2D eigenvalue weighted by Gasteiger charge is 2.05. The van der Waals surface area contributed by atoms with Gasteiger partial charge in [0.25, 0.3) is 0 Å². The molecule has 0 radical (unpaired) electrons. The van der Waals surface area contributed by atoms with Crippen molar-refractivity contribution >= 4 is 12.0 Å². The van der Waals surface area contributed by atoms with Gasteiger partial charge in [-0.25, -0.2) is 0 Å². The fourth-order valence-electron chi connectivity index (χ4n) is 1.24. The molecule has 0 spiro atoms. The summed E-state index contributed by atoms with van der Waals surface area (Å²) >= 11 is 0. The number of anilines is 1. The SMILES string of the molecule is C/C=C\N=Cc1ccn(C(C)C)c1N. The van der Waals surface area contributed by atoms with Crippen LogP contribution in [0.15, 0.2) is 29.5 Å². The molecule has 1 heterocycles. The van der Waals surface area contributed by atoms with E-state index in [1.165, 1.54) is 0 Å². The summed E-state index contributed by atoms with van der Waals surface area (Å²) < 4.78 is 2.02. The second-order valence-electron chi connectivity index (χ2n) is 3.42. The average molecular weight is 191 g/mol. The molecule has 0 saturated heterocycles. The number of allylic oxidation sites excluding steroid dienone is 1. The third-order valence-electron chi connectivity index (χ3n) is 1.99. The molecule has 0 fully saturated rings. The molecule has 0 aliphatic rings. The standard InChI is InChI=1S/C11H17N3/c1-4-6-13-8-10-5-7-14(9(2)3)11(10)12/h4-9H,12H2,1-3H3/b6-4-,13-8?. The van der Waals surface area contributed by atoms with Crippen LogP contribution >= 0.6 is 0 Å². The summed E-state index contributed by atoms with van der Waals surface area (Å²) in [5.74, 6) is 0.772. The number of hydrogen-bond acceptors (Lipinski definition) is 2. The van der Waals surface area contributed by atoms with Crippen LogP contribution in [0.25, 0.3) is 0 Å². The Morgan fingerprint density at radius 2 is 2.21 bits per heavy atom. The van der Waals surface area contributed by atoms with Gasteiger partial charge in [-0.05, 0) is 26.8 Å². The third-order valence-corrected chi connectivity index (χ3v) is 1.99. The molecule has 2 N–H and O–H groups in total. The van der Waals surface area contributed by atoms with Gasteiger partial charge in [0.1, 0.15) is 5.82 Å². The molecule has 0 bridgehead atoms. The van der Waals surface area contributed by atoms with Crippen LogP contribution in [0.4, 0.5) is 5.82 Å². The Hall–Kier alpha value is -1.51. The largest absolute Gasteiger partial charge is 0.385 e. The van der Waals surface area contributed by atoms with E-state index in [9.17, 15) is 0 Å². The van der Waals surface area contributed by atoms with Gasteiger partial charge in [-0.2, -0.15) is 0 Å². The average Bonchev–Trinajstić information content (AvgIpc) is 2.48. The zero-order valence-corrected chi connectivity index (χ0v) is 8.94. The second kappa shape index (κ2) is 4.65. The van der Waals surface area contributed by atoms with Crippen LogP contribution in [0.1, 0.15) is 32.4 Å². The molecule has 1 rings (SSSR count). The predicted molar refractivity (Wildman–Crippen MR) is 61.6 cm³/mol. The van der Waals surface area contributed by atoms with Crippen LogP contribution in [0.2, 0.25) is 0 Å². The van der Waals surface area contributed by atoms with E-state index >= 15 is 0 Å². The second-order valence-corrected chi connectivity index (χ2v) is 3.42. The van der Waals surface area contributed by atoms with Crippen molar-refractivity contribution < 1.29 is 0 Å². The summed E-state index contributed by atoms with van der Waals surface area (Å²) in [5, 5.41) is 0. The van der Waals surface area contributed by atoms with Gasteiger partial charge < -0.3 is 10.3 Å². The van der Waals surface area contributed by atoms with Gasteiger partial charge in [-0.1, -0.05) is 6.08 Å². The van der Waals surface area contributed by atoms with Crippen LogP contribution in [-0.2, 0) is 0 Å². The maximum atomic E-state index is 5.93. The first-order chi connectivity index (χ1) is 6.66. The van der Waals surface area contributed by atoms with Crippen LogP contribution in [0.3, 0.4) is 0 Å². The Balaban J connectivity index is 2.90. The summed E-state index contributed by atoms with van der Waals surface area (Å²) in [7, 11) is 0. The van der Waals surface area contributed by atoms with Gasteiger partial charge in [0.05, 0.1) is 0 Å². The predicted octanol–water partition coefficient (Wildman–Crippen LogP) is 2.60. The molecule has 0 aliphatic carbocycles. The summed E-state index contributed by atoms with van der Waals surface area (Å²) in [4.78, 5) is 4.09.